The number of rotatable bonds is 6. The number of amides is 3. The number of nitrogens with zero attached hydrogens (tertiary/aromatic N) is 3. The highest BCUT2D eigenvalue weighted by atomic mass is 19.4. The van der Waals surface area contributed by atoms with Crippen LogP contribution in [-0.4, -0.2) is 59.4 Å². The van der Waals surface area contributed by atoms with Gasteiger partial charge in [-0.15, -0.1) is 0 Å². The zero-order valence-electron chi connectivity index (χ0n) is 22.6. The fourth-order valence-corrected chi connectivity index (χ4v) is 5.67. The molecule has 2 fully saturated rings. The summed E-state index contributed by atoms with van der Waals surface area (Å²) in [7, 11) is 0. The van der Waals surface area contributed by atoms with Crippen LogP contribution in [0.5, 0.6) is 0 Å². The van der Waals surface area contributed by atoms with Crippen molar-refractivity contribution in [1.82, 2.24) is 15.1 Å². The molecule has 1 N–H and O–H groups in total. The summed E-state index contributed by atoms with van der Waals surface area (Å²) in [5, 5.41) is 2.97. The van der Waals surface area contributed by atoms with Crippen LogP contribution in [0.3, 0.4) is 0 Å². The van der Waals surface area contributed by atoms with Crippen LogP contribution in [0.4, 0.5) is 18.9 Å². The summed E-state index contributed by atoms with van der Waals surface area (Å²) in [5.74, 6) is -0.823. The van der Waals surface area contributed by atoms with Gasteiger partial charge in [-0.3, -0.25) is 14.4 Å². The summed E-state index contributed by atoms with van der Waals surface area (Å²) < 4.78 is 38.8. The number of carbonyl (C=O) groups excluding carboxylic acids is 3. The Labute approximate surface area is 236 Å². The normalized spacial score (nSPS) is 17.6. The minimum Gasteiger partial charge on any atom is -0.348 e. The van der Waals surface area contributed by atoms with Crippen LogP contribution in [0.25, 0.3) is 0 Å². The van der Waals surface area contributed by atoms with E-state index >= 15 is 0 Å². The van der Waals surface area contributed by atoms with Gasteiger partial charge in [0.05, 0.1) is 18.3 Å². The van der Waals surface area contributed by atoms with E-state index in [4.69, 9.17) is 0 Å². The highest BCUT2D eigenvalue weighted by Gasteiger charge is 2.54. The number of alkyl halides is 3. The zero-order chi connectivity index (χ0) is 29.2. The molecule has 0 bridgehead atoms. The van der Waals surface area contributed by atoms with Crippen molar-refractivity contribution in [3.8, 4) is 0 Å². The molecule has 2 heterocycles. The third kappa shape index (κ3) is 5.77. The number of benzene rings is 3. The van der Waals surface area contributed by atoms with E-state index in [1.54, 1.807) is 9.80 Å². The molecule has 0 saturated carbocycles. The first-order valence-electron chi connectivity index (χ1n) is 13.5. The van der Waals surface area contributed by atoms with Crippen LogP contribution < -0.4 is 10.2 Å². The van der Waals surface area contributed by atoms with Gasteiger partial charge in [0.15, 0.2) is 0 Å². The molecule has 1 atom stereocenters. The van der Waals surface area contributed by atoms with E-state index in [0.29, 0.717) is 12.8 Å². The molecule has 3 aromatic carbocycles. The van der Waals surface area contributed by atoms with E-state index in [9.17, 15) is 27.6 Å². The first kappa shape index (κ1) is 28.2. The lowest BCUT2D eigenvalue weighted by Crippen LogP contribution is -2.57. The Morgan fingerprint density at radius 3 is 2.07 bits per heavy atom. The van der Waals surface area contributed by atoms with Crippen LogP contribution in [-0.2, 0) is 15.8 Å². The van der Waals surface area contributed by atoms with Crippen molar-refractivity contribution in [2.75, 3.05) is 31.2 Å². The van der Waals surface area contributed by atoms with Gasteiger partial charge in [0.1, 0.15) is 12.1 Å². The molecule has 10 heteroatoms. The molecule has 5 rings (SSSR count). The minimum atomic E-state index is -4.48. The largest absolute Gasteiger partial charge is 0.416 e. The van der Waals surface area contributed by atoms with Gasteiger partial charge in [-0.25, -0.2) is 0 Å². The van der Waals surface area contributed by atoms with Gasteiger partial charge in [-0.2, -0.15) is 13.2 Å². The molecule has 0 aromatic heterocycles. The van der Waals surface area contributed by atoms with Gasteiger partial charge in [-0.1, -0.05) is 48.5 Å². The Kier molecular flexibility index (Phi) is 7.75. The van der Waals surface area contributed by atoms with E-state index in [-0.39, 0.29) is 55.6 Å². The summed E-state index contributed by atoms with van der Waals surface area (Å²) in [4.78, 5) is 45.1. The quantitative estimate of drug-likeness (QED) is 0.464. The van der Waals surface area contributed by atoms with Crippen molar-refractivity contribution in [1.29, 1.82) is 0 Å². The molecule has 3 amide bonds. The first-order chi connectivity index (χ1) is 19.6. The number of para-hydroxylation sites is 1. The zero-order valence-corrected chi connectivity index (χ0v) is 22.6. The Hall–Kier alpha value is -4.34. The van der Waals surface area contributed by atoms with Crippen molar-refractivity contribution >= 4 is 23.4 Å². The second kappa shape index (κ2) is 11.3. The fourth-order valence-electron chi connectivity index (χ4n) is 5.67. The highest BCUT2D eigenvalue weighted by molar-refractivity contribution is 5.97. The van der Waals surface area contributed by atoms with Crippen LogP contribution in [0.2, 0.25) is 0 Å². The van der Waals surface area contributed by atoms with E-state index in [0.717, 1.165) is 23.4 Å². The standard InChI is InChI=1S/C31H31F3N4O3/c1-22(23-8-4-2-5-9-23)35-27(39)20-37-21-38(26-10-6-3-7-11-26)30(29(37)41)16-18-36(19-17-30)28(40)24-12-14-25(15-13-24)31(32,33)34/h2-15,22H,16-21H2,1H3,(H,35,39). The second-order valence-electron chi connectivity index (χ2n) is 10.5. The number of hydrogen-bond donors (Lipinski definition) is 1. The van der Waals surface area contributed by atoms with Gasteiger partial charge in [0, 0.05) is 24.3 Å². The summed E-state index contributed by atoms with van der Waals surface area (Å²) in [5.41, 5.74) is 0.204. The van der Waals surface area contributed by atoms with E-state index in [1.807, 2.05) is 72.5 Å². The molecular weight excluding hydrogens is 533 g/mol. The van der Waals surface area contributed by atoms with Gasteiger partial charge >= 0.3 is 6.18 Å². The van der Waals surface area contributed by atoms with E-state index in [1.165, 1.54) is 12.1 Å². The topological polar surface area (TPSA) is 73.0 Å². The molecule has 1 spiro atoms. The Morgan fingerprint density at radius 2 is 1.49 bits per heavy atom. The van der Waals surface area contributed by atoms with Crippen LogP contribution in [0.1, 0.15) is 47.3 Å². The highest BCUT2D eigenvalue weighted by Crippen LogP contribution is 2.40. The van der Waals surface area contributed by atoms with Crippen LogP contribution >= 0.6 is 0 Å². The molecule has 2 aliphatic rings. The summed E-state index contributed by atoms with van der Waals surface area (Å²) in [6.07, 6.45) is -3.83. The molecule has 7 nitrogen and oxygen atoms in total. The average molecular weight is 565 g/mol. The first-order valence-corrected chi connectivity index (χ1v) is 13.5. The molecule has 41 heavy (non-hydrogen) atoms. The van der Waals surface area contributed by atoms with E-state index < -0.39 is 17.3 Å². The van der Waals surface area contributed by atoms with Crippen molar-refractivity contribution in [3.05, 3.63) is 102 Å². The smallest absolute Gasteiger partial charge is 0.348 e. The van der Waals surface area contributed by atoms with Crippen LogP contribution in [0, 0.1) is 0 Å². The number of hydrogen-bond acceptors (Lipinski definition) is 4. The number of anilines is 1. The van der Waals surface area contributed by atoms with Crippen molar-refractivity contribution < 1.29 is 27.6 Å². The molecule has 3 aromatic rings. The Morgan fingerprint density at radius 1 is 0.902 bits per heavy atom. The summed E-state index contributed by atoms with van der Waals surface area (Å²) in [6.45, 7) is 2.51. The summed E-state index contributed by atoms with van der Waals surface area (Å²) in [6, 6.07) is 23.0. The molecule has 1 unspecified atom stereocenters. The Bertz CT molecular complexity index is 1390. The molecule has 0 aliphatic carbocycles. The monoisotopic (exact) mass is 564 g/mol. The molecule has 2 saturated heterocycles. The lowest BCUT2D eigenvalue weighted by molar-refractivity contribution is -0.137. The van der Waals surface area contributed by atoms with E-state index in [2.05, 4.69) is 5.32 Å². The van der Waals surface area contributed by atoms with Gasteiger partial charge in [-0.05, 0) is 61.7 Å². The number of piperidine rings is 1. The van der Waals surface area contributed by atoms with Crippen LogP contribution in [0.15, 0.2) is 84.9 Å². The molecule has 214 valence electrons. The predicted octanol–water partition coefficient (Wildman–Crippen LogP) is 4.86. The van der Waals surface area contributed by atoms with Crippen molar-refractivity contribution in [2.45, 2.75) is 37.5 Å². The van der Waals surface area contributed by atoms with Gasteiger partial charge in [0.2, 0.25) is 5.91 Å². The van der Waals surface area contributed by atoms with Crippen molar-refractivity contribution in [2.24, 2.45) is 0 Å². The number of likely N-dealkylation sites (tertiary alicyclic amines) is 1. The minimum absolute atomic E-state index is 0.102. The third-order valence-electron chi connectivity index (χ3n) is 7.93. The predicted molar refractivity (Wildman–Crippen MR) is 148 cm³/mol. The lowest BCUT2D eigenvalue weighted by Gasteiger charge is -2.43. The van der Waals surface area contributed by atoms with Crippen molar-refractivity contribution in [3.63, 3.8) is 0 Å². The Balaban J connectivity index is 1.30. The second-order valence-corrected chi connectivity index (χ2v) is 10.5. The molecular formula is C31H31F3N4O3. The number of nitrogens with one attached hydrogen (secondary N) is 1. The average Bonchev–Trinajstić information content (AvgIpc) is 3.23. The van der Waals surface area contributed by atoms with Gasteiger partial charge in [0.25, 0.3) is 11.8 Å². The van der Waals surface area contributed by atoms with Gasteiger partial charge < -0.3 is 20.0 Å². The maximum absolute atomic E-state index is 13.9. The lowest BCUT2D eigenvalue weighted by atomic mass is 9.85. The number of carbonyl (C=O) groups is 3. The fraction of sp³-hybridized carbons (Fsp3) is 0.323. The molecule has 2 aliphatic heterocycles. The maximum Gasteiger partial charge on any atom is 0.416 e. The SMILES string of the molecule is CC(NC(=O)CN1CN(c2ccccc2)C2(CCN(C(=O)c3ccc(C(F)(F)F)cc3)CC2)C1=O)c1ccccc1. The maximum atomic E-state index is 13.9. The number of halogens is 3. The third-order valence-corrected chi connectivity index (χ3v) is 7.93. The summed E-state index contributed by atoms with van der Waals surface area (Å²) >= 11 is 0. The molecule has 0 radical (unpaired) electrons.